The molecule has 0 aliphatic heterocycles. The van der Waals surface area contributed by atoms with Gasteiger partial charge in [0.25, 0.3) is 0 Å². The molecule has 108 valence electrons. The monoisotopic (exact) mass is 414 g/mol. The van der Waals surface area contributed by atoms with Crippen LogP contribution in [0.4, 0.5) is 18.9 Å². The molecule has 0 aliphatic rings. The Kier molecular flexibility index (Phi) is 4.63. The van der Waals surface area contributed by atoms with Crippen molar-refractivity contribution in [2.45, 2.75) is 19.5 Å². The SMILES string of the molecule is CCCNc1cc(C(F)(F)F)nc2c(Cl)cc(I)cc12. The number of pyridine rings is 1. The fraction of sp³-hybridized carbons (Fsp3) is 0.308. The number of fused-ring (bicyclic) bond motifs is 1. The van der Waals surface area contributed by atoms with Crippen molar-refractivity contribution >= 4 is 50.8 Å². The lowest BCUT2D eigenvalue weighted by molar-refractivity contribution is -0.140. The topological polar surface area (TPSA) is 24.9 Å². The molecule has 0 aliphatic carbocycles. The van der Waals surface area contributed by atoms with Crippen LogP contribution in [-0.4, -0.2) is 11.5 Å². The van der Waals surface area contributed by atoms with E-state index in [2.05, 4.69) is 32.9 Å². The molecule has 2 nitrogen and oxygen atoms in total. The lowest BCUT2D eigenvalue weighted by Crippen LogP contribution is -2.10. The summed E-state index contributed by atoms with van der Waals surface area (Å²) in [7, 11) is 0. The van der Waals surface area contributed by atoms with Crippen LogP contribution in [0.3, 0.4) is 0 Å². The number of nitrogens with zero attached hydrogens (tertiary/aromatic N) is 1. The first-order chi connectivity index (χ1) is 9.32. The summed E-state index contributed by atoms with van der Waals surface area (Å²) in [4.78, 5) is 3.66. The Hall–Kier alpha value is -0.760. The van der Waals surface area contributed by atoms with Gasteiger partial charge in [-0.05, 0) is 47.2 Å². The van der Waals surface area contributed by atoms with E-state index in [1.807, 2.05) is 6.92 Å². The Morgan fingerprint density at radius 1 is 1.30 bits per heavy atom. The maximum atomic E-state index is 12.9. The molecule has 0 unspecified atom stereocenters. The van der Waals surface area contributed by atoms with Crippen LogP contribution in [0, 0.1) is 3.57 Å². The van der Waals surface area contributed by atoms with Crippen molar-refractivity contribution in [3.05, 3.63) is 32.5 Å². The summed E-state index contributed by atoms with van der Waals surface area (Å²) in [5.41, 5.74) is -0.364. The van der Waals surface area contributed by atoms with Gasteiger partial charge in [-0.1, -0.05) is 18.5 Å². The van der Waals surface area contributed by atoms with Crippen LogP contribution in [-0.2, 0) is 6.18 Å². The zero-order valence-electron chi connectivity index (χ0n) is 10.5. The average molecular weight is 415 g/mol. The van der Waals surface area contributed by atoms with E-state index in [1.54, 1.807) is 12.1 Å². The number of hydrogen-bond donors (Lipinski definition) is 1. The third-order valence-electron chi connectivity index (χ3n) is 2.69. The summed E-state index contributed by atoms with van der Waals surface area (Å²) < 4.78 is 39.5. The molecule has 1 aromatic carbocycles. The van der Waals surface area contributed by atoms with Crippen molar-refractivity contribution in [1.82, 2.24) is 4.98 Å². The van der Waals surface area contributed by atoms with Gasteiger partial charge in [-0.3, -0.25) is 0 Å². The van der Waals surface area contributed by atoms with E-state index in [-0.39, 0.29) is 10.5 Å². The fourth-order valence-corrected chi connectivity index (χ4v) is 2.87. The highest BCUT2D eigenvalue weighted by atomic mass is 127. The van der Waals surface area contributed by atoms with Gasteiger partial charge in [-0.15, -0.1) is 0 Å². The largest absolute Gasteiger partial charge is 0.433 e. The van der Waals surface area contributed by atoms with Crippen LogP contribution in [0.5, 0.6) is 0 Å². The first-order valence-electron chi connectivity index (χ1n) is 5.93. The molecule has 1 aromatic heterocycles. The molecular formula is C13H11ClF3IN2. The first kappa shape index (κ1) is 15.6. The standard InChI is InChI=1S/C13H11ClF3IN2/c1-2-3-19-10-6-11(13(15,16)17)20-12-8(10)4-7(18)5-9(12)14/h4-6H,2-3H2,1H3,(H,19,20). The molecule has 0 saturated heterocycles. The molecule has 0 spiro atoms. The Morgan fingerprint density at radius 2 is 2.00 bits per heavy atom. The van der Waals surface area contributed by atoms with Gasteiger partial charge >= 0.3 is 6.18 Å². The molecule has 20 heavy (non-hydrogen) atoms. The summed E-state index contributed by atoms with van der Waals surface area (Å²) in [6.45, 7) is 2.53. The Morgan fingerprint density at radius 3 is 2.60 bits per heavy atom. The Bertz CT molecular complexity index is 644. The van der Waals surface area contributed by atoms with Crippen LogP contribution in [0.15, 0.2) is 18.2 Å². The minimum absolute atomic E-state index is 0.167. The van der Waals surface area contributed by atoms with Crippen molar-refractivity contribution in [1.29, 1.82) is 0 Å². The minimum Gasteiger partial charge on any atom is -0.384 e. The second kappa shape index (κ2) is 5.93. The quantitative estimate of drug-likeness (QED) is 0.687. The molecule has 0 radical (unpaired) electrons. The number of halogens is 5. The normalized spacial score (nSPS) is 11.9. The zero-order chi connectivity index (χ0) is 14.9. The highest BCUT2D eigenvalue weighted by molar-refractivity contribution is 14.1. The molecule has 2 rings (SSSR count). The minimum atomic E-state index is -4.50. The van der Waals surface area contributed by atoms with Crippen molar-refractivity contribution < 1.29 is 13.2 Å². The highest BCUT2D eigenvalue weighted by Crippen LogP contribution is 2.36. The van der Waals surface area contributed by atoms with Crippen molar-refractivity contribution in [2.24, 2.45) is 0 Å². The van der Waals surface area contributed by atoms with E-state index in [4.69, 9.17) is 11.6 Å². The smallest absolute Gasteiger partial charge is 0.384 e. The summed E-state index contributed by atoms with van der Waals surface area (Å²) in [6, 6.07) is 4.40. The van der Waals surface area contributed by atoms with Gasteiger partial charge in [0.2, 0.25) is 0 Å². The van der Waals surface area contributed by atoms with Gasteiger partial charge in [-0.2, -0.15) is 13.2 Å². The second-order valence-corrected chi connectivity index (χ2v) is 5.92. The molecule has 1 heterocycles. The van der Waals surface area contributed by atoms with E-state index in [1.165, 1.54) is 0 Å². The molecule has 0 bridgehead atoms. The van der Waals surface area contributed by atoms with Crippen LogP contribution in [0.25, 0.3) is 10.9 Å². The summed E-state index contributed by atoms with van der Waals surface area (Å²) in [6.07, 6.45) is -3.69. The third-order valence-corrected chi connectivity index (χ3v) is 3.60. The van der Waals surface area contributed by atoms with E-state index < -0.39 is 11.9 Å². The van der Waals surface area contributed by atoms with E-state index in [0.29, 0.717) is 17.6 Å². The average Bonchev–Trinajstić information content (AvgIpc) is 2.34. The van der Waals surface area contributed by atoms with Gasteiger partial charge in [0.05, 0.1) is 10.5 Å². The fourth-order valence-electron chi connectivity index (χ4n) is 1.80. The lowest BCUT2D eigenvalue weighted by Gasteiger charge is -2.14. The number of alkyl halides is 3. The van der Waals surface area contributed by atoms with Crippen LogP contribution < -0.4 is 5.32 Å². The van der Waals surface area contributed by atoms with Gasteiger partial charge in [0.15, 0.2) is 0 Å². The number of rotatable bonds is 3. The zero-order valence-corrected chi connectivity index (χ0v) is 13.4. The molecule has 7 heteroatoms. The predicted molar refractivity (Wildman–Crippen MR) is 83.3 cm³/mol. The highest BCUT2D eigenvalue weighted by Gasteiger charge is 2.33. The van der Waals surface area contributed by atoms with E-state index in [0.717, 1.165) is 16.1 Å². The van der Waals surface area contributed by atoms with Gasteiger partial charge in [-0.25, -0.2) is 4.98 Å². The Balaban J connectivity index is 2.71. The molecule has 1 N–H and O–H groups in total. The molecule has 0 saturated carbocycles. The number of nitrogens with one attached hydrogen (secondary N) is 1. The number of anilines is 1. The Labute approximate surface area is 132 Å². The molecule has 0 fully saturated rings. The number of benzene rings is 1. The maximum Gasteiger partial charge on any atom is 0.433 e. The molecular weight excluding hydrogens is 404 g/mol. The number of aromatic nitrogens is 1. The summed E-state index contributed by atoms with van der Waals surface area (Å²) in [5, 5.41) is 3.82. The maximum absolute atomic E-state index is 12.9. The van der Waals surface area contributed by atoms with Gasteiger partial charge in [0, 0.05) is 21.2 Å². The first-order valence-corrected chi connectivity index (χ1v) is 7.39. The van der Waals surface area contributed by atoms with E-state index in [9.17, 15) is 13.2 Å². The van der Waals surface area contributed by atoms with Crippen molar-refractivity contribution in [3.8, 4) is 0 Å². The summed E-state index contributed by atoms with van der Waals surface area (Å²) >= 11 is 8.10. The van der Waals surface area contributed by atoms with Gasteiger partial charge < -0.3 is 5.32 Å². The van der Waals surface area contributed by atoms with Crippen molar-refractivity contribution in [2.75, 3.05) is 11.9 Å². The lowest BCUT2D eigenvalue weighted by atomic mass is 10.1. The third kappa shape index (κ3) is 3.28. The summed E-state index contributed by atoms with van der Waals surface area (Å²) in [5.74, 6) is 0. The van der Waals surface area contributed by atoms with Gasteiger partial charge in [0.1, 0.15) is 5.69 Å². The predicted octanol–water partition coefficient (Wildman–Crippen LogP) is 5.33. The van der Waals surface area contributed by atoms with Crippen LogP contribution in [0.1, 0.15) is 19.0 Å². The molecule has 2 aromatic rings. The van der Waals surface area contributed by atoms with E-state index >= 15 is 0 Å². The van der Waals surface area contributed by atoms with Crippen molar-refractivity contribution in [3.63, 3.8) is 0 Å². The van der Waals surface area contributed by atoms with Crippen LogP contribution in [0.2, 0.25) is 5.02 Å². The van der Waals surface area contributed by atoms with Crippen LogP contribution >= 0.6 is 34.2 Å². The second-order valence-electron chi connectivity index (χ2n) is 4.26. The number of hydrogen-bond acceptors (Lipinski definition) is 2. The molecule has 0 atom stereocenters. The molecule has 0 amide bonds.